The van der Waals surface area contributed by atoms with Gasteiger partial charge in [0.2, 0.25) is 0 Å². The van der Waals surface area contributed by atoms with Crippen LogP contribution in [0.25, 0.3) is 0 Å². The zero-order chi connectivity index (χ0) is 18.9. The summed E-state index contributed by atoms with van der Waals surface area (Å²) in [6, 6.07) is 15.0. The second-order valence-corrected chi connectivity index (χ2v) is 7.22. The first-order chi connectivity index (χ1) is 13.1. The normalized spacial score (nSPS) is 17.7. The van der Waals surface area contributed by atoms with Gasteiger partial charge in [-0.3, -0.25) is 4.79 Å². The molecule has 0 N–H and O–H groups in total. The maximum Gasteiger partial charge on any atom is 0.338 e. The maximum atomic E-state index is 13.0. The Morgan fingerprint density at radius 3 is 2.37 bits per heavy atom. The summed E-state index contributed by atoms with van der Waals surface area (Å²) < 4.78 is 11.2. The highest BCUT2D eigenvalue weighted by atomic mass is 16.5. The molecule has 0 saturated carbocycles. The van der Waals surface area contributed by atoms with Crippen molar-refractivity contribution in [3.05, 3.63) is 65.2 Å². The van der Waals surface area contributed by atoms with Crippen molar-refractivity contribution in [3.8, 4) is 5.75 Å². The van der Waals surface area contributed by atoms with E-state index in [4.69, 9.17) is 9.47 Å². The van der Waals surface area contributed by atoms with Gasteiger partial charge in [-0.2, -0.15) is 0 Å². The third-order valence-corrected chi connectivity index (χ3v) is 5.67. The first-order valence-corrected chi connectivity index (χ1v) is 9.35. The molecule has 1 amide bonds. The number of piperidine rings is 1. The summed E-state index contributed by atoms with van der Waals surface area (Å²) >= 11 is 0. The van der Waals surface area contributed by atoms with Crippen LogP contribution < -0.4 is 4.74 Å². The van der Waals surface area contributed by atoms with E-state index in [1.165, 1.54) is 12.7 Å². The highest BCUT2D eigenvalue weighted by molar-refractivity contribution is 6.05. The van der Waals surface area contributed by atoms with Gasteiger partial charge in [-0.15, -0.1) is 0 Å². The number of esters is 1. The first kappa shape index (κ1) is 17.6. The molecule has 1 fully saturated rings. The summed E-state index contributed by atoms with van der Waals surface area (Å²) in [7, 11) is 1.33. The lowest BCUT2D eigenvalue weighted by Crippen LogP contribution is -2.51. The van der Waals surface area contributed by atoms with Gasteiger partial charge in [0.25, 0.3) is 5.91 Å². The number of ether oxygens (including phenoxy) is 2. The number of likely N-dealkylation sites (tertiary alicyclic amines) is 1. The molecule has 140 valence electrons. The minimum atomic E-state index is -0.486. The number of para-hydroxylation sites is 1. The number of methoxy groups -OCH3 is 1. The number of carbonyl (C=O) groups excluding carboxylic acids is 2. The molecule has 1 saturated heterocycles. The van der Waals surface area contributed by atoms with Crippen molar-refractivity contribution < 1.29 is 19.1 Å². The molecular weight excluding hydrogens is 342 g/mol. The zero-order valence-corrected chi connectivity index (χ0v) is 15.4. The molecular formula is C22H23NO4. The van der Waals surface area contributed by atoms with Crippen molar-refractivity contribution in [2.75, 3.05) is 20.2 Å². The summed E-state index contributed by atoms with van der Waals surface area (Å²) in [6.07, 6.45) is 3.58. The van der Waals surface area contributed by atoms with E-state index < -0.39 is 5.97 Å². The Bertz CT molecular complexity index is 868. The molecule has 5 nitrogen and oxygen atoms in total. The number of benzene rings is 2. The van der Waals surface area contributed by atoms with Crippen LogP contribution in [0.1, 0.15) is 45.5 Å². The number of hydrogen-bond acceptors (Lipinski definition) is 4. The van der Waals surface area contributed by atoms with Crippen LogP contribution in [0.15, 0.2) is 48.5 Å². The lowest BCUT2D eigenvalue weighted by atomic mass is 9.83. The van der Waals surface area contributed by atoms with E-state index >= 15 is 0 Å². The number of carbonyl (C=O) groups is 2. The molecule has 2 aromatic rings. The lowest BCUT2D eigenvalue weighted by Gasteiger charge is -2.44. The Morgan fingerprint density at radius 1 is 0.963 bits per heavy atom. The number of nitrogens with zero attached hydrogens (tertiary/aromatic N) is 1. The summed E-state index contributed by atoms with van der Waals surface area (Å²) in [5, 5.41) is 0. The maximum absolute atomic E-state index is 13.0. The molecule has 2 aliphatic heterocycles. The first-order valence-electron chi connectivity index (χ1n) is 9.35. The Labute approximate surface area is 158 Å². The fraction of sp³-hybridized carbons (Fsp3) is 0.364. The van der Waals surface area contributed by atoms with Crippen LogP contribution in [0.5, 0.6) is 5.75 Å². The molecule has 1 spiro atoms. The van der Waals surface area contributed by atoms with Crippen LogP contribution in [-0.4, -0.2) is 42.6 Å². The van der Waals surface area contributed by atoms with Crippen LogP contribution in [0.4, 0.5) is 0 Å². The van der Waals surface area contributed by atoms with Crippen LogP contribution in [0.2, 0.25) is 0 Å². The third kappa shape index (κ3) is 3.29. The molecule has 4 rings (SSSR count). The Morgan fingerprint density at radius 2 is 1.63 bits per heavy atom. The average Bonchev–Trinajstić information content (AvgIpc) is 2.73. The van der Waals surface area contributed by atoms with E-state index in [1.807, 2.05) is 23.1 Å². The molecule has 0 aromatic heterocycles. The molecule has 0 bridgehead atoms. The summed E-state index contributed by atoms with van der Waals surface area (Å²) in [4.78, 5) is 26.8. The van der Waals surface area contributed by atoms with Crippen molar-refractivity contribution in [2.45, 2.75) is 31.3 Å². The van der Waals surface area contributed by atoms with Crippen molar-refractivity contribution in [3.63, 3.8) is 0 Å². The van der Waals surface area contributed by atoms with Crippen molar-refractivity contribution in [1.29, 1.82) is 0 Å². The highest BCUT2D eigenvalue weighted by Gasteiger charge is 2.40. The second-order valence-electron chi connectivity index (χ2n) is 7.22. The summed E-state index contributed by atoms with van der Waals surface area (Å²) in [5.74, 6) is 0.362. The van der Waals surface area contributed by atoms with Gasteiger partial charge in [0.15, 0.2) is 0 Å². The van der Waals surface area contributed by atoms with E-state index in [0.717, 1.165) is 31.4 Å². The monoisotopic (exact) mass is 365 g/mol. The van der Waals surface area contributed by atoms with Crippen molar-refractivity contribution >= 4 is 11.9 Å². The quantitative estimate of drug-likeness (QED) is 0.765. The molecule has 0 unspecified atom stereocenters. The Balaban J connectivity index is 1.48. The molecule has 27 heavy (non-hydrogen) atoms. The average molecular weight is 365 g/mol. The van der Waals surface area contributed by atoms with E-state index in [0.29, 0.717) is 24.2 Å². The predicted molar refractivity (Wildman–Crippen MR) is 101 cm³/mol. The van der Waals surface area contributed by atoms with Gasteiger partial charge in [0, 0.05) is 25.9 Å². The van der Waals surface area contributed by atoms with Gasteiger partial charge in [0.05, 0.1) is 18.2 Å². The highest BCUT2D eigenvalue weighted by Crippen LogP contribution is 2.39. The van der Waals surface area contributed by atoms with Gasteiger partial charge in [-0.25, -0.2) is 4.79 Å². The topological polar surface area (TPSA) is 55.8 Å². The minimum Gasteiger partial charge on any atom is -0.487 e. The largest absolute Gasteiger partial charge is 0.487 e. The van der Waals surface area contributed by atoms with E-state index in [-0.39, 0.29) is 11.5 Å². The molecule has 0 aliphatic carbocycles. The fourth-order valence-corrected chi connectivity index (χ4v) is 4.05. The zero-order valence-electron chi connectivity index (χ0n) is 15.4. The lowest BCUT2D eigenvalue weighted by molar-refractivity contribution is -0.0107. The smallest absolute Gasteiger partial charge is 0.338 e. The number of amides is 1. The van der Waals surface area contributed by atoms with Gasteiger partial charge < -0.3 is 14.4 Å². The van der Waals surface area contributed by atoms with Gasteiger partial charge >= 0.3 is 5.97 Å². The van der Waals surface area contributed by atoms with Gasteiger partial charge in [-0.05, 0) is 36.6 Å². The van der Waals surface area contributed by atoms with E-state index in [1.54, 1.807) is 24.3 Å². The molecule has 2 aliphatic rings. The molecule has 2 heterocycles. The van der Waals surface area contributed by atoms with Gasteiger partial charge in [-0.1, -0.05) is 30.3 Å². The Hall–Kier alpha value is -2.82. The van der Waals surface area contributed by atoms with Gasteiger partial charge in [0.1, 0.15) is 11.4 Å². The van der Waals surface area contributed by atoms with E-state index in [9.17, 15) is 9.59 Å². The molecule has 0 radical (unpaired) electrons. The van der Waals surface area contributed by atoms with Crippen LogP contribution in [0, 0.1) is 0 Å². The number of fused-ring (bicyclic) bond motifs is 1. The fourth-order valence-electron chi connectivity index (χ4n) is 4.05. The number of rotatable bonds is 2. The second kappa shape index (κ2) is 7.06. The number of hydrogen-bond donors (Lipinski definition) is 0. The SMILES string of the molecule is COC(=O)c1ccccc1C(=O)N1CCC2(CCc3ccccc3O2)CC1. The van der Waals surface area contributed by atoms with Crippen LogP contribution in [-0.2, 0) is 11.2 Å². The predicted octanol–water partition coefficient (Wildman–Crippen LogP) is 3.47. The summed E-state index contributed by atoms with van der Waals surface area (Å²) in [5.41, 5.74) is 1.78. The Kier molecular flexibility index (Phi) is 4.60. The molecule has 2 aromatic carbocycles. The van der Waals surface area contributed by atoms with Crippen LogP contribution >= 0.6 is 0 Å². The number of aryl methyl sites for hydroxylation is 1. The van der Waals surface area contributed by atoms with Crippen LogP contribution in [0.3, 0.4) is 0 Å². The molecule has 0 atom stereocenters. The van der Waals surface area contributed by atoms with Crippen molar-refractivity contribution in [1.82, 2.24) is 4.90 Å². The standard InChI is InChI=1S/C22H23NO4/c1-26-21(25)18-8-4-3-7-17(18)20(24)23-14-12-22(13-15-23)11-10-16-6-2-5-9-19(16)27-22/h2-9H,10-15H2,1H3. The van der Waals surface area contributed by atoms with Crippen molar-refractivity contribution in [2.24, 2.45) is 0 Å². The summed E-state index contributed by atoms with van der Waals surface area (Å²) in [6.45, 7) is 1.24. The minimum absolute atomic E-state index is 0.123. The third-order valence-electron chi connectivity index (χ3n) is 5.67. The van der Waals surface area contributed by atoms with E-state index in [2.05, 4.69) is 6.07 Å². The molecule has 5 heteroatoms.